The van der Waals surface area contributed by atoms with Crippen molar-refractivity contribution in [3.8, 4) is 0 Å². The molecule has 0 spiro atoms. The van der Waals surface area contributed by atoms with Crippen molar-refractivity contribution in [2.45, 2.75) is 137 Å². The van der Waals surface area contributed by atoms with Gasteiger partial charge in [-0.25, -0.2) is 0 Å². The monoisotopic (exact) mass is 492 g/mol. The Kier molecular flexibility index (Phi) is 6.72. The molecule has 0 aliphatic heterocycles. The zero-order valence-corrected chi connectivity index (χ0v) is 23.4. The van der Waals surface area contributed by atoms with Crippen molar-refractivity contribution in [1.82, 2.24) is 0 Å². The second-order valence-corrected chi connectivity index (χ2v) is 14.8. The largest absolute Gasteiger partial charge is 0.393 e. The fraction of sp³-hybridized carbons (Fsp3) is 0.933. The normalized spacial score (nSPS) is 45.9. The Bertz CT molecular complexity index is 857. The Hall–Kier alpha value is -0.460. The van der Waals surface area contributed by atoms with Gasteiger partial charge in [0.2, 0.25) is 0 Å². The number of fused-ring (bicyclic) bond motifs is 5. The zero-order chi connectivity index (χ0) is 26.4. The maximum atomic E-state index is 11.8. The summed E-state index contributed by atoms with van der Waals surface area (Å²) in [6.45, 7) is 16.9. The summed E-state index contributed by atoms with van der Waals surface area (Å²) >= 11 is 0. The predicted octanol–water partition coefficient (Wildman–Crippen LogP) is 4.59. The molecule has 0 radical (unpaired) electrons. The van der Waals surface area contributed by atoms with Crippen molar-refractivity contribution in [2.24, 2.45) is 39.4 Å². The predicted molar refractivity (Wildman–Crippen MR) is 139 cm³/mol. The molecule has 5 nitrogen and oxygen atoms in total. The van der Waals surface area contributed by atoms with Crippen molar-refractivity contribution >= 4 is 0 Å². The minimum Gasteiger partial charge on any atom is -0.393 e. The molecule has 0 aromatic rings. The summed E-state index contributed by atoms with van der Waals surface area (Å²) in [5.74, 6) is 0.687. The molecule has 4 rings (SSSR count). The number of rotatable bonds is 5. The minimum absolute atomic E-state index is 0.00503. The number of aliphatic hydroxyl groups excluding tert-OH is 4. The van der Waals surface area contributed by atoms with Crippen LogP contribution in [0.5, 0.6) is 0 Å². The maximum Gasteiger partial charge on any atom is 0.108 e. The Balaban J connectivity index is 1.67. The van der Waals surface area contributed by atoms with Crippen molar-refractivity contribution in [3.05, 3.63) is 11.1 Å². The third-order valence-electron chi connectivity index (χ3n) is 12.1. The quantitative estimate of drug-likeness (QED) is 0.362. The molecule has 0 saturated heterocycles. The van der Waals surface area contributed by atoms with Crippen LogP contribution < -0.4 is 0 Å². The molecule has 4 aliphatic carbocycles. The molecule has 3 saturated carbocycles. The summed E-state index contributed by atoms with van der Waals surface area (Å²) in [5.41, 5.74) is 1.24. The van der Waals surface area contributed by atoms with Gasteiger partial charge in [0.05, 0.1) is 23.9 Å². The van der Waals surface area contributed by atoms with E-state index in [1.165, 1.54) is 25.0 Å². The Morgan fingerprint density at radius 1 is 0.971 bits per heavy atom. The zero-order valence-electron chi connectivity index (χ0n) is 23.4. The first kappa shape index (κ1) is 27.6. The molecule has 10 atom stereocenters. The van der Waals surface area contributed by atoms with Gasteiger partial charge in [-0.2, -0.15) is 0 Å². The molecule has 0 aromatic carbocycles. The molecule has 0 unspecified atom stereocenters. The molecule has 3 fully saturated rings. The molecule has 0 heterocycles. The highest BCUT2D eigenvalue weighted by molar-refractivity contribution is 5.37. The van der Waals surface area contributed by atoms with E-state index in [1.54, 1.807) is 0 Å². The van der Waals surface area contributed by atoms with E-state index >= 15 is 0 Å². The Morgan fingerprint density at radius 2 is 1.60 bits per heavy atom. The molecule has 202 valence electrons. The third-order valence-corrected chi connectivity index (χ3v) is 12.1. The molecule has 4 aliphatic rings. The SMILES string of the molecule is C[C@H](C[C@H](O)[C@@H](O)C(C)(C)O)C1=C2C[C@H](O)[C@H]3[C@@]4(C)CC[C@H](O)C(C)(C)[C@@H]4CC[C@]3(C)[C@@]2(C)CC1. The van der Waals surface area contributed by atoms with Gasteiger partial charge in [0, 0.05) is 0 Å². The van der Waals surface area contributed by atoms with Crippen LogP contribution in [0.25, 0.3) is 0 Å². The molecule has 0 bridgehead atoms. The summed E-state index contributed by atoms with van der Waals surface area (Å²) in [6, 6.07) is 0. The summed E-state index contributed by atoms with van der Waals surface area (Å²) in [7, 11) is 0. The fourth-order valence-corrected chi connectivity index (χ4v) is 9.96. The average molecular weight is 493 g/mol. The van der Waals surface area contributed by atoms with Crippen molar-refractivity contribution < 1.29 is 25.5 Å². The lowest BCUT2D eigenvalue weighted by Crippen LogP contribution is -2.66. The first-order valence-electron chi connectivity index (χ1n) is 14.1. The van der Waals surface area contributed by atoms with E-state index in [2.05, 4.69) is 41.5 Å². The van der Waals surface area contributed by atoms with Gasteiger partial charge < -0.3 is 25.5 Å². The van der Waals surface area contributed by atoms with Gasteiger partial charge in [-0.1, -0.05) is 52.7 Å². The lowest BCUT2D eigenvalue weighted by molar-refractivity contribution is -0.227. The van der Waals surface area contributed by atoms with Crippen LogP contribution >= 0.6 is 0 Å². The summed E-state index contributed by atoms with van der Waals surface area (Å²) < 4.78 is 0. The van der Waals surface area contributed by atoms with E-state index in [1.807, 2.05) is 0 Å². The number of hydrogen-bond donors (Lipinski definition) is 5. The summed E-state index contributed by atoms with van der Waals surface area (Å²) in [6.07, 6.45) is 4.19. The van der Waals surface area contributed by atoms with Gasteiger partial charge in [-0.15, -0.1) is 0 Å². The smallest absolute Gasteiger partial charge is 0.108 e. The average Bonchev–Trinajstić information content (AvgIpc) is 3.07. The molecular formula is C30H52O5. The molecule has 0 aromatic heterocycles. The first-order chi connectivity index (χ1) is 15.9. The minimum atomic E-state index is -1.35. The van der Waals surface area contributed by atoms with Gasteiger partial charge in [0.1, 0.15) is 6.10 Å². The van der Waals surface area contributed by atoms with Crippen LogP contribution in [-0.2, 0) is 0 Å². The second-order valence-electron chi connectivity index (χ2n) is 14.8. The van der Waals surface area contributed by atoms with Crippen LogP contribution in [-0.4, -0.2) is 55.5 Å². The topological polar surface area (TPSA) is 101 Å². The maximum absolute atomic E-state index is 11.8. The molecule has 35 heavy (non-hydrogen) atoms. The van der Waals surface area contributed by atoms with E-state index < -0.39 is 23.9 Å². The van der Waals surface area contributed by atoms with Gasteiger partial charge in [0.25, 0.3) is 0 Å². The Morgan fingerprint density at radius 3 is 2.20 bits per heavy atom. The van der Waals surface area contributed by atoms with Crippen molar-refractivity contribution in [1.29, 1.82) is 0 Å². The van der Waals surface area contributed by atoms with Crippen LogP contribution in [0.2, 0.25) is 0 Å². The van der Waals surface area contributed by atoms with Gasteiger partial charge in [0.15, 0.2) is 0 Å². The van der Waals surface area contributed by atoms with Gasteiger partial charge in [-0.05, 0) is 105 Å². The van der Waals surface area contributed by atoms with Crippen LogP contribution in [0.1, 0.15) is 107 Å². The van der Waals surface area contributed by atoms with E-state index in [0.29, 0.717) is 18.8 Å². The third kappa shape index (κ3) is 3.90. The van der Waals surface area contributed by atoms with Gasteiger partial charge in [-0.3, -0.25) is 0 Å². The standard InChI is InChI=1S/C30H52O5/c1-17(15-21(32)25(34)27(4,5)35)18-9-13-29(7)19(18)16-20(31)24-28(6)12-11-23(33)26(2,3)22(28)10-14-30(24,29)8/h17,20-25,31-35H,9-16H2,1-8H3/t17-,20+,21+,22+,23+,24+,25-,28+,29+,30+/m1/s1. The van der Waals surface area contributed by atoms with Gasteiger partial charge >= 0.3 is 0 Å². The highest BCUT2D eigenvalue weighted by Gasteiger charge is 2.69. The van der Waals surface area contributed by atoms with Crippen LogP contribution in [0, 0.1) is 39.4 Å². The molecular weight excluding hydrogens is 440 g/mol. The van der Waals surface area contributed by atoms with E-state index in [0.717, 1.165) is 38.5 Å². The highest BCUT2D eigenvalue weighted by Crippen LogP contribution is 2.74. The van der Waals surface area contributed by atoms with Crippen LogP contribution in [0.4, 0.5) is 0 Å². The summed E-state index contributed by atoms with van der Waals surface area (Å²) in [4.78, 5) is 0. The van der Waals surface area contributed by atoms with Crippen molar-refractivity contribution in [2.75, 3.05) is 0 Å². The van der Waals surface area contributed by atoms with Crippen LogP contribution in [0.15, 0.2) is 11.1 Å². The van der Waals surface area contributed by atoms with Crippen LogP contribution in [0.3, 0.4) is 0 Å². The Labute approximate surface area is 213 Å². The molecule has 5 heteroatoms. The van der Waals surface area contributed by atoms with Crippen molar-refractivity contribution in [3.63, 3.8) is 0 Å². The number of allylic oxidation sites excluding steroid dienone is 1. The van der Waals surface area contributed by atoms with E-state index in [9.17, 15) is 25.5 Å². The molecule has 0 amide bonds. The number of hydrogen-bond acceptors (Lipinski definition) is 5. The molecule has 5 N–H and O–H groups in total. The van der Waals surface area contributed by atoms with E-state index in [4.69, 9.17) is 0 Å². The first-order valence-corrected chi connectivity index (χ1v) is 14.1. The fourth-order valence-electron chi connectivity index (χ4n) is 9.96. The van der Waals surface area contributed by atoms with E-state index in [-0.39, 0.29) is 39.6 Å². The lowest BCUT2D eigenvalue weighted by atomic mass is 9.35. The number of aliphatic hydroxyl groups is 5. The lowest BCUT2D eigenvalue weighted by Gasteiger charge is -2.69. The highest BCUT2D eigenvalue weighted by atomic mass is 16.4. The second kappa shape index (κ2) is 8.53. The summed E-state index contributed by atoms with van der Waals surface area (Å²) in [5, 5.41) is 53.9.